The van der Waals surface area contributed by atoms with Gasteiger partial charge in [-0.05, 0) is 37.6 Å². The molecule has 8 nitrogen and oxygen atoms in total. The Bertz CT molecular complexity index is 827. The minimum Gasteiger partial charge on any atom is -0.493 e. The zero-order valence-corrected chi connectivity index (χ0v) is 16.4. The van der Waals surface area contributed by atoms with Gasteiger partial charge >= 0.3 is 0 Å². The van der Waals surface area contributed by atoms with Crippen LogP contribution in [0.25, 0.3) is 0 Å². The van der Waals surface area contributed by atoms with Crippen LogP contribution in [-0.4, -0.2) is 66.7 Å². The molecule has 3 N–H and O–H groups in total. The molecule has 0 saturated carbocycles. The maximum Gasteiger partial charge on any atom is 0.252 e. The summed E-state index contributed by atoms with van der Waals surface area (Å²) < 4.78 is 26.9. The first kappa shape index (κ1) is 20.8. The molecule has 0 radical (unpaired) electrons. The Hall–Kier alpha value is -1.94. The average molecular weight is 410 g/mol. The van der Waals surface area contributed by atoms with Crippen LogP contribution in [0.5, 0.6) is 5.75 Å². The number of fused-ring (bicyclic) bond motifs is 1. The fourth-order valence-electron chi connectivity index (χ4n) is 3.66. The molecule has 0 aromatic heterocycles. The molecule has 2 aliphatic rings. The summed E-state index contributed by atoms with van der Waals surface area (Å²) in [4.78, 5) is 14.6. The second-order valence-electron chi connectivity index (χ2n) is 7.24. The third-order valence-corrected chi connectivity index (χ3v) is 5.63. The Labute approximate surface area is 165 Å². The molecule has 154 valence electrons. The van der Waals surface area contributed by atoms with Crippen molar-refractivity contribution in [2.75, 3.05) is 19.7 Å². The van der Waals surface area contributed by atoms with Crippen LogP contribution >= 0.6 is 0 Å². The Morgan fingerprint density at radius 1 is 1.29 bits per heavy atom. The summed E-state index contributed by atoms with van der Waals surface area (Å²) in [7, 11) is -2.67. The standard InChI is InChI=1S/C19H26N2O6S/c22-16(12-28(25)26)18(23)19(24)20-15-6-9-27-17-10-13(4-5-14(15)17)11-21-7-2-1-3-8-21/h4-5,10,12,15-16,18,22-23H,1-3,6-9,11H2,(H,20,24)/t15?,16-,18-/m1/s1. The summed E-state index contributed by atoms with van der Waals surface area (Å²) in [5.74, 6) is -0.127. The molecule has 0 bridgehead atoms. The number of piperidine rings is 1. The third kappa shape index (κ3) is 5.32. The van der Waals surface area contributed by atoms with Crippen LogP contribution in [0, 0.1) is 0 Å². The molecule has 28 heavy (non-hydrogen) atoms. The van der Waals surface area contributed by atoms with Gasteiger partial charge in [-0.1, -0.05) is 18.6 Å². The van der Waals surface area contributed by atoms with E-state index < -0.39 is 28.4 Å². The van der Waals surface area contributed by atoms with Crippen LogP contribution in [0.4, 0.5) is 0 Å². The monoisotopic (exact) mass is 410 g/mol. The van der Waals surface area contributed by atoms with Crippen molar-refractivity contribution in [2.24, 2.45) is 0 Å². The average Bonchev–Trinajstić information content (AvgIpc) is 2.67. The number of carbonyl (C=O) groups is 1. The highest BCUT2D eigenvalue weighted by molar-refractivity contribution is 7.71. The molecule has 1 aromatic rings. The van der Waals surface area contributed by atoms with Gasteiger partial charge in [0.05, 0.1) is 18.0 Å². The number of amides is 1. The minimum absolute atomic E-state index is 0.375. The van der Waals surface area contributed by atoms with Crippen molar-refractivity contribution in [2.45, 2.75) is 50.5 Å². The molecule has 2 aliphatic heterocycles. The van der Waals surface area contributed by atoms with Crippen molar-refractivity contribution in [1.29, 1.82) is 0 Å². The molecular weight excluding hydrogens is 384 g/mol. The highest BCUT2D eigenvalue weighted by atomic mass is 32.2. The largest absolute Gasteiger partial charge is 0.493 e. The predicted molar refractivity (Wildman–Crippen MR) is 104 cm³/mol. The molecule has 1 saturated heterocycles. The molecule has 2 heterocycles. The zero-order valence-electron chi connectivity index (χ0n) is 15.6. The number of nitrogens with one attached hydrogen (secondary N) is 1. The summed E-state index contributed by atoms with van der Waals surface area (Å²) in [6, 6.07) is 5.54. The van der Waals surface area contributed by atoms with Crippen molar-refractivity contribution < 1.29 is 28.2 Å². The van der Waals surface area contributed by atoms with E-state index in [9.17, 15) is 23.4 Å². The first-order valence-electron chi connectivity index (χ1n) is 9.51. The molecule has 0 aliphatic carbocycles. The minimum atomic E-state index is -2.67. The molecule has 1 aromatic carbocycles. The maximum atomic E-state index is 12.2. The SMILES string of the molecule is O=C(NC1CCOc2cc(CN3CCCCC3)ccc21)[C@H](O)[C@H](O)C=S(=O)=O. The normalized spacial score (nSPS) is 21.7. The van der Waals surface area contributed by atoms with Gasteiger partial charge in [0.15, 0.2) is 6.10 Å². The van der Waals surface area contributed by atoms with Crippen LogP contribution < -0.4 is 10.1 Å². The van der Waals surface area contributed by atoms with Gasteiger partial charge in [-0.3, -0.25) is 9.69 Å². The number of carbonyl (C=O) groups excluding carboxylic acids is 1. The number of hydrogen-bond acceptors (Lipinski definition) is 7. The number of aliphatic hydroxyl groups is 2. The highest BCUT2D eigenvalue weighted by Crippen LogP contribution is 2.33. The number of hydrogen-bond donors (Lipinski definition) is 3. The van der Waals surface area contributed by atoms with Crippen molar-refractivity contribution >= 4 is 21.6 Å². The van der Waals surface area contributed by atoms with Gasteiger partial charge in [-0.25, -0.2) is 0 Å². The van der Waals surface area contributed by atoms with E-state index in [0.29, 0.717) is 24.1 Å². The predicted octanol–water partition coefficient (Wildman–Crippen LogP) is 0.0154. The summed E-state index contributed by atoms with van der Waals surface area (Å²) in [6.07, 6.45) is 0.604. The van der Waals surface area contributed by atoms with Gasteiger partial charge < -0.3 is 20.3 Å². The Kier molecular flexibility index (Phi) is 7.06. The topological polar surface area (TPSA) is 116 Å². The van der Waals surface area contributed by atoms with Crippen molar-refractivity contribution in [3.63, 3.8) is 0 Å². The number of benzene rings is 1. The van der Waals surface area contributed by atoms with Gasteiger partial charge in [0.25, 0.3) is 5.91 Å². The van der Waals surface area contributed by atoms with E-state index in [1.54, 1.807) is 0 Å². The second-order valence-corrected chi connectivity index (χ2v) is 8.03. The Morgan fingerprint density at radius 2 is 2.04 bits per heavy atom. The molecule has 1 unspecified atom stereocenters. The maximum absolute atomic E-state index is 12.2. The summed E-state index contributed by atoms with van der Waals surface area (Å²) in [6.45, 7) is 3.48. The van der Waals surface area contributed by atoms with Gasteiger partial charge in [-0.15, -0.1) is 0 Å². The van der Waals surface area contributed by atoms with E-state index in [1.165, 1.54) is 19.3 Å². The smallest absolute Gasteiger partial charge is 0.252 e. The quantitative estimate of drug-likeness (QED) is 0.566. The van der Waals surface area contributed by atoms with Gasteiger partial charge in [-0.2, -0.15) is 8.42 Å². The van der Waals surface area contributed by atoms with E-state index >= 15 is 0 Å². The lowest BCUT2D eigenvalue weighted by Gasteiger charge is -2.30. The molecule has 1 amide bonds. The molecule has 9 heteroatoms. The van der Waals surface area contributed by atoms with Gasteiger partial charge in [0, 0.05) is 18.5 Å². The van der Waals surface area contributed by atoms with Crippen LogP contribution in [0.3, 0.4) is 0 Å². The summed E-state index contributed by atoms with van der Waals surface area (Å²) in [5.41, 5.74) is 1.95. The Morgan fingerprint density at radius 3 is 2.75 bits per heavy atom. The first-order valence-corrected chi connectivity index (χ1v) is 10.7. The van der Waals surface area contributed by atoms with E-state index in [1.807, 2.05) is 18.2 Å². The lowest BCUT2D eigenvalue weighted by atomic mass is 9.98. The van der Waals surface area contributed by atoms with Crippen LogP contribution in [0.1, 0.15) is 42.9 Å². The molecular formula is C19H26N2O6S. The third-order valence-electron chi connectivity index (χ3n) is 5.13. The number of ether oxygens (including phenoxy) is 1. The summed E-state index contributed by atoms with van der Waals surface area (Å²) >= 11 is 0. The first-order chi connectivity index (χ1) is 13.4. The fraction of sp³-hybridized carbons (Fsp3) is 0.579. The highest BCUT2D eigenvalue weighted by Gasteiger charge is 2.29. The summed E-state index contributed by atoms with van der Waals surface area (Å²) in [5, 5.41) is 22.6. The van der Waals surface area contributed by atoms with Crippen molar-refractivity contribution in [1.82, 2.24) is 10.2 Å². The van der Waals surface area contributed by atoms with Gasteiger partial charge in [0.2, 0.25) is 10.3 Å². The molecule has 0 spiro atoms. The van der Waals surface area contributed by atoms with Crippen LogP contribution in [0.2, 0.25) is 0 Å². The van der Waals surface area contributed by atoms with Crippen molar-refractivity contribution in [3.05, 3.63) is 29.3 Å². The van der Waals surface area contributed by atoms with E-state index in [4.69, 9.17) is 4.74 Å². The zero-order chi connectivity index (χ0) is 20.1. The lowest BCUT2D eigenvalue weighted by Crippen LogP contribution is -2.45. The van der Waals surface area contributed by atoms with Crippen LogP contribution in [0.15, 0.2) is 18.2 Å². The van der Waals surface area contributed by atoms with Gasteiger partial charge in [0.1, 0.15) is 11.9 Å². The van der Waals surface area contributed by atoms with E-state index in [-0.39, 0.29) is 6.04 Å². The fourth-order valence-corrected chi connectivity index (χ4v) is 4.03. The van der Waals surface area contributed by atoms with Crippen molar-refractivity contribution in [3.8, 4) is 5.75 Å². The van der Waals surface area contributed by atoms with E-state index in [2.05, 4.69) is 10.2 Å². The second kappa shape index (κ2) is 9.51. The lowest BCUT2D eigenvalue weighted by molar-refractivity contribution is -0.133. The van der Waals surface area contributed by atoms with E-state index in [0.717, 1.165) is 30.8 Å². The number of nitrogens with zero attached hydrogens (tertiary/aromatic N) is 1. The number of likely N-dealkylation sites (tertiary alicyclic amines) is 1. The Balaban J connectivity index is 1.67. The van der Waals surface area contributed by atoms with Crippen LogP contribution in [-0.2, 0) is 21.6 Å². The molecule has 3 atom stereocenters. The molecule has 1 fully saturated rings. The molecule has 3 rings (SSSR count). The number of rotatable bonds is 6. The number of aliphatic hydroxyl groups excluding tert-OH is 2.